The molecule has 0 aliphatic rings. The maximum Gasteiger partial charge on any atom is 0.331 e. The molecule has 0 fully saturated rings. The second-order valence-corrected chi connectivity index (χ2v) is 7.70. The standard InChI is InChI=1S/C21H32N2O4/c1-13(2)17(11-14(3)20(25)26)23-12-18(24)19(22)21(4,5)15-7-9-16(27-6)10-8-15/h7-11,13,17,19,23H,12,22H2,1-6H3,(H,25,26)/b14-11+/t17-,19+/m0/s1. The third-order valence-corrected chi connectivity index (χ3v) is 4.96. The second-order valence-electron chi connectivity index (χ2n) is 7.70. The van der Waals surface area contributed by atoms with Gasteiger partial charge in [-0.15, -0.1) is 0 Å². The Kier molecular flexibility index (Phi) is 8.19. The SMILES string of the molecule is COc1ccc(C(C)(C)[C@H](N)C(=O)CN[C@@H](/C=C(\C)C(=O)O)C(C)C)cc1. The number of carboxylic acids is 1. The average molecular weight is 376 g/mol. The van der Waals surface area contributed by atoms with Crippen molar-refractivity contribution < 1.29 is 19.4 Å². The number of nitrogens with two attached hydrogens (primary N) is 1. The van der Waals surface area contributed by atoms with Crippen LogP contribution >= 0.6 is 0 Å². The number of ether oxygens (including phenoxy) is 1. The van der Waals surface area contributed by atoms with E-state index >= 15 is 0 Å². The summed E-state index contributed by atoms with van der Waals surface area (Å²) in [6, 6.07) is 6.60. The van der Waals surface area contributed by atoms with E-state index in [1.807, 2.05) is 52.0 Å². The summed E-state index contributed by atoms with van der Waals surface area (Å²) >= 11 is 0. The van der Waals surface area contributed by atoms with E-state index < -0.39 is 17.4 Å². The lowest BCUT2D eigenvalue weighted by Crippen LogP contribution is -2.51. The molecule has 0 aromatic heterocycles. The molecule has 6 nitrogen and oxygen atoms in total. The molecule has 2 atom stereocenters. The molecule has 0 unspecified atom stereocenters. The van der Waals surface area contributed by atoms with Gasteiger partial charge in [0.1, 0.15) is 5.75 Å². The maximum atomic E-state index is 12.7. The van der Waals surface area contributed by atoms with Crippen molar-refractivity contribution in [3.63, 3.8) is 0 Å². The lowest BCUT2D eigenvalue weighted by molar-refractivity contribution is -0.132. The maximum absolute atomic E-state index is 12.7. The minimum Gasteiger partial charge on any atom is -0.497 e. The molecule has 0 saturated carbocycles. The molecule has 1 rings (SSSR count). The predicted molar refractivity (Wildman–Crippen MR) is 107 cm³/mol. The van der Waals surface area contributed by atoms with Gasteiger partial charge in [-0.25, -0.2) is 4.79 Å². The Balaban J connectivity index is 2.84. The number of Topliss-reactive ketones (excluding diaryl/α,β-unsaturated/α-hetero) is 1. The summed E-state index contributed by atoms with van der Waals surface area (Å²) in [5.41, 5.74) is 6.93. The van der Waals surface area contributed by atoms with Gasteiger partial charge in [-0.1, -0.05) is 45.9 Å². The van der Waals surface area contributed by atoms with Crippen LogP contribution in [0.2, 0.25) is 0 Å². The van der Waals surface area contributed by atoms with Crippen LogP contribution in [0.3, 0.4) is 0 Å². The first-order valence-corrected chi connectivity index (χ1v) is 9.08. The van der Waals surface area contributed by atoms with E-state index in [0.29, 0.717) is 0 Å². The first kappa shape index (κ1) is 22.9. The van der Waals surface area contributed by atoms with Crippen LogP contribution in [0.15, 0.2) is 35.9 Å². The van der Waals surface area contributed by atoms with Crippen LogP contribution in [0.25, 0.3) is 0 Å². The number of methoxy groups -OCH3 is 1. The monoisotopic (exact) mass is 376 g/mol. The summed E-state index contributed by atoms with van der Waals surface area (Å²) in [5, 5.41) is 12.2. The van der Waals surface area contributed by atoms with Crippen LogP contribution in [0.4, 0.5) is 0 Å². The van der Waals surface area contributed by atoms with Crippen molar-refractivity contribution in [2.24, 2.45) is 11.7 Å². The minimum atomic E-state index is -0.967. The Morgan fingerprint density at radius 3 is 2.26 bits per heavy atom. The molecule has 1 aromatic rings. The van der Waals surface area contributed by atoms with E-state index in [1.165, 1.54) is 0 Å². The fraction of sp³-hybridized carbons (Fsp3) is 0.524. The molecule has 0 bridgehead atoms. The zero-order valence-electron chi connectivity index (χ0n) is 17.1. The van der Waals surface area contributed by atoms with Crippen LogP contribution in [0.1, 0.15) is 40.2 Å². The first-order valence-electron chi connectivity index (χ1n) is 9.08. The number of hydrogen-bond acceptors (Lipinski definition) is 5. The number of benzene rings is 1. The second kappa shape index (κ2) is 9.67. The Morgan fingerprint density at radius 2 is 1.81 bits per heavy atom. The molecule has 4 N–H and O–H groups in total. The van der Waals surface area contributed by atoms with Gasteiger partial charge in [-0.2, -0.15) is 0 Å². The number of carbonyl (C=O) groups excluding carboxylic acids is 1. The van der Waals surface area contributed by atoms with Gasteiger partial charge < -0.3 is 20.9 Å². The fourth-order valence-electron chi connectivity index (χ4n) is 2.76. The van der Waals surface area contributed by atoms with Gasteiger partial charge in [0.05, 0.1) is 19.7 Å². The van der Waals surface area contributed by atoms with Gasteiger partial charge in [0.2, 0.25) is 0 Å². The molecular weight excluding hydrogens is 344 g/mol. The smallest absolute Gasteiger partial charge is 0.331 e. The van der Waals surface area contributed by atoms with E-state index in [-0.39, 0.29) is 29.9 Å². The van der Waals surface area contributed by atoms with Crippen molar-refractivity contribution in [3.05, 3.63) is 41.5 Å². The third kappa shape index (κ3) is 6.19. The quantitative estimate of drug-likeness (QED) is 0.542. The summed E-state index contributed by atoms with van der Waals surface area (Å²) in [7, 11) is 1.60. The molecule has 1 aromatic carbocycles. The molecular formula is C21H32N2O4. The van der Waals surface area contributed by atoms with Gasteiger partial charge in [-0.05, 0) is 30.5 Å². The number of nitrogens with one attached hydrogen (secondary N) is 1. The molecule has 0 saturated heterocycles. The molecule has 0 amide bonds. The first-order chi connectivity index (χ1) is 12.5. The van der Waals surface area contributed by atoms with Crippen molar-refractivity contribution in [3.8, 4) is 5.75 Å². The molecule has 0 heterocycles. The van der Waals surface area contributed by atoms with E-state index in [1.54, 1.807) is 20.1 Å². The zero-order valence-corrected chi connectivity index (χ0v) is 17.1. The molecule has 150 valence electrons. The summed E-state index contributed by atoms with van der Waals surface area (Å²) < 4.78 is 5.17. The fourth-order valence-corrected chi connectivity index (χ4v) is 2.76. The lowest BCUT2D eigenvalue weighted by atomic mass is 9.76. The molecule has 0 spiro atoms. The highest BCUT2D eigenvalue weighted by Gasteiger charge is 2.33. The molecule has 0 aliphatic carbocycles. The predicted octanol–water partition coefficient (Wildman–Crippen LogP) is 2.51. The number of aliphatic carboxylic acids is 1. The average Bonchev–Trinajstić information content (AvgIpc) is 2.63. The van der Waals surface area contributed by atoms with Crippen LogP contribution in [0.5, 0.6) is 5.75 Å². The Morgan fingerprint density at radius 1 is 1.26 bits per heavy atom. The van der Waals surface area contributed by atoms with Crippen molar-refractivity contribution in [1.82, 2.24) is 5.32 Å². The van der Waals surface area contributed by atoms with Crippen LogP contribution in [-0.2, 0) is 15.0 Å². The number of rotatable bonds is 10. The molecule has 6 heteroatoms. The van der Waals surface area contributed by atoms with Crippen molar-refractivity contribution >= 4 is 11.8 Å². The van der Waals surface area contributed by atoms with E-state index in [0.717, 1.165) is 11.3 Å². The molecule has 0 radical (unpaired) electrons. The van der Waals surface area contributed by atoms with Gasteiger partial charge in [-0.3, -0.25) is 4.79 Å². The van der Waals surface area contributed by atoms with Crippen LogP contribution in [0, 0.1) is 5.92 Å². The number of ketones is 1. The molecule has 27 heavy (non-hydrogen) atoms. The van der Waals surface area contributed by atoms with Crippen molar-refractivity contribution in [1.29, 1.82) is 0 Å². The lowest BCUT2D eigenvalue weighted by Gasteiger charge is -2.32. The normalized spacial score (nSPS) is 14.7. The minimum absolute atomic E-state index is 0.0764. The van der Waals surface area contributed by atoms with Crippen molar-refractivity contribution in [2.75, 3.05) is 13.7 Å². The van der Waals surface area contributed by atoms with E-state index in [2.05, 4.69) is 5.32 Å². The number of carboxylic acid groups (broad SMARTS) is 1. The Bertz CT molecular complexity index is 678. The van der Waals surface area contributed by atoms with Crippen LogP contribution in [-0.4, -0.2) is 42.6 Å². The van der Waals surface area contributed by atoms with Crippen LogP contribution < -0.4 is 15.8 Å². The molecule has 0 aliphatic heterocycles. The van der Waals surface area contributed by atoms with E-state index in [4.69, 9.17) is 15.6 Å². The highest BCUT2D eigenvalue weighted by Crippen LogP contribution is 2.28. The van der Waals surface area contributed by atoms with E-state index in [9.17, 15) is 9.59 Å². The topological polar surface area (TPSA) is 102 Å². The van der Waals surface area contributed by atoms with Gasteiger partial charge >= 0.3 is 5.97 Å². The number of carbonyl (C=O) groups is 2. The summed E-state index contributed by atoms with van der Waals surface area (Å²) in [4.78, 5) is 23.7. The number of hydrogen-bond donors (Lipinski definition) is 3. The summed E-state index contributed by atoms with van der Waals surface area (Å²) in [6.07, 6.45) is 1.64. The third-order valence-electron chi connectivity index (χ3n) is 4.96. The van der Waals surface area contributed by atoms with Gasteiger partial charge in [0.25, 0.3) is 0 Å². The largest absolute Gasteiger partial charge is 0.497 e. The highest BCUT2D eigenvalue weighted by atomic mass is 16.5. The van der Waals surface area contributed by atoms with Gasteiger partial charge in [0.15, 0.2) is 5.78 Å². The Hall–Kier alpha value is -2.18. The zero-order chi connectivity index (χ0) is 20.8. The summed E-state index contributed by atoms with van der Waals surface area (Å²) in [5.74, 6) is -0.205. The summed E-state index contributed by atoms with van der Waals surface area (Å²) in [6.45, 7) is 9.42. The van der Waals surface area contributed by atoms with Gasteiger partial charge in [0, 0.05) is 17.0 Å². The highest BCUT2D eigenvalue weighted by molar-refractivity contribution is 5.88. The Labute approximate surface area is 161 Å². The van der Waals surface area contributed by atoms with Crippen molar-refractivity contribution in [2.45, 2.75) is 52.1 Å².